The van der Waals surface area contributed by atoms with Crippen molar-refractivity contribution < 1.29 is 19.5 Å². The summed E-state index contributed by atoms with van der Waals surface area (Å²) < 4.78 is 14.0. The zero-order chi connectivity index (χ0) is 12.9. The molecular formula is C9H14FN3O4. The Morgan fingerprint density at radius 3 is 2.65 bits per heavy atom. The van der Waals surface area contributed by atoms with Crippen molar-refractivity contribution in [3.63, 3.8) is 0 Å². The minimum absolute atomic E-state index is 0.0910. The highest BCUT2D eigenvalue weighted by atomic mass is 18.2. The lowest BCUT2D eigenvalue weighted by Gasteiger charge is -2.25. The number of halogens is 1. The van der Waals surface area contributed by atoms with E-state index in [1.807, 2.05) is 0 Å². The first-order chi connectivity index (χ1) is 8.08. The number of nitrogens with zero attached hydrogens (tertiary/aromatic N) is 3. The van der Waals surface area contributed by atoms with Crippen molar-refractivity contribution in [2.24, 2.45) is 5.41 Å². The largest absolute Gasteiger partial charge is 0.434 e. The summed E-state index contributed by atoms with van der Waals surface area (Å²) in [6.07, 6.45) is 2.76. The standard InChI is InChI=1S/C9H14FN3O4/c10-5-9(6-14,7-15)1-3-12-4-2-11-8(12)13(16)17/h2,4,14-15H,1,3,5-7H2/i10-1. The molecule has 17 heavy (non-hydrogen) atoms. The van der Waals surface area contributed by atoms with E-state index in [1.165, 1.54) is 17.0 Å². The summed E-state index contributed by atoms with van der Waals surface area (Å²) in [4.78, 5) is 13.5. The maximum atomic E-state index is 12.7. The molecule has 7 nitrogen and oxygen atoms in total. The maximum Gasteiger partial charge on any atom is 0.434 e. The summed E-state index contributed by atoms with van der Waals surface area (Å²) in [6.45, 7) is -1.80. The molecule has 0 aliphatic heterocycles. The van der Waals surface area contributed by atoms with Gasteiger partial charge in [-0.25, -0.2) is 4.57 Å². The lowest BCUT2D eigenvalue weighted by atomic mass is 9.88. The molecule has 0 atom stereocenters. The van der Waals surface area contributed by atoms with E-state index in [0.717, 1.165) is 0 Å². The van der Waals surface area contributed by atoms with E-state index < -0.39 is 30.2 Å². The quantitative estimate of drug-likeness (QED) is 0.525. The van der Waals surface area contributed by atoms with Crippen LogP contribution >= 0.6 is 0 Å². The number of aromatic nitrogens is 2. The summed E-state index contributed by atoms with van der Waals surface area (Å²) in [7, 11) is 0. The van der Waals surface area contributed by atoms with Crippen LogP contribution in [-0.4, -0.2) is 44.6 Å². The normalized spacial score (nSPS) is 11.7. The van der Waals surface area contributed by atoms with Gasteiger partial charge in [-0.05, 0) is 11.3 Å². The number of imidazole rings is 1. The Morgan fingerprint density at radius 1 is 1.53 bits per heavy atom. The maximum absolute atomic E-state index is 12.7. The third kappa shape index (κ3) is 2.98. The van der Waals surface area contributed by atoms with Gasteiger partial charge in [0.1, 0.15) is 12.4 Å². The summed E-state index contributed by atoms with van der Waals surface area (Å²) >= 11 is 0. The minimum Gasteiger partial charge on any atom is -0.396 e. The van der Waals surface area contributed by atoms with E-state index >= 15 is 0 Å². The molecule has 0 unspecified atom stereocenters. The van der Waals surface area contributed by atoms with Gasteiger partial charge in [-0.1, -0.05) is 4.98 Å². The number of alkyl halides is 1. The topological polar surface area (TPSA) is 101 Å². The second kappa shape index (κ2) is 5.69. The molecule has 0 spiro atoms. The number of rotatable bonds is 7. The first-order valence-electron chi connectivity index (χ1n) is 5.02. The first-order valence-corrected chi connectivity index (χ1v) is 5.02. The molecule has 2 N–H and O–H groups in total. The Labute approximate surface area is 96.7 Å². The van der Waals surface area contributed by atoms with Gasteiger partial charge in [0.2, 0.25) is 0 Å². The summed E-state index contributed by atoms with van der Waals surface area (Å²) in [5.41, 5.74) is -1.25. The molecule has 1 rings (SSSR count). The van der Waals surface area contributed by atoms with Gasteiger partial charge in [-0.2, -0.15) is 0 Å². The molecule has 1 aromatic heterocycles. The van der Waals surface area contributed by atoms with Crippen LogP contribution in [-0.2, 0) is 6.54 Å². The Hall–Kier alpha value is -1.54. The van der Waals surface area contributed by atoms with Crippen molar-refractivity contribution in [2.75, 3.05) is 19.9 Å². The SMILES string of the molecule is O=[N+]([O-])c1nccn1CCC(CO)(CO)C[18F]. The second-order valence-corrected chi connectivity index (χ2v) is 3.88. The molecule has 0 bridgehead atoms. The van der Waals surface area contributed by atoms with Gasteiger partial charge >= 0.3 is 5.95 Å². The van der Waals surface area contributed by atoms with E-state index in [4.69, 9.17) is 10.2 Å². The average Bonchev–Trinajstić information content (AvgIpc) is 2.80. The smallest absolute Gasteiger partial charge is 0.396 e. The summed E-state index contributed by atoms with van der Waals surface area (Å²) in [5.74, 6) is -0.339. The van der Waals surface area contributed by atoms with E-state index in [1.54, 1.807) is 0 Å². The van der Waals surface area contributed by atoms with Gasteiger partial charge < -0.3 is 20.3 Å². The predicted molar refractivity (Wildman–Crippen MR) is 56.1 cm³/mol. The number of hydrogen-bond donors (Lipinski definition) is 2. The van der Waals surface area contributed by atoms with Crippen LogP contribution in [0.1, 0.15) is 6.42 Å². The number of nitro groups is 1. The molecule has 0 radical (unpaired) electrons. The van der Waals surface area contributed by atoms with Crippen LogP contribution in [0.4, 0.5) is 10.3 Å². The average molecular weight is 246 g/mol. The van der Waals surface area contributed by atoms with Crippen LogP contribution in [0.15, 0.2) is 12.4 Å². The molecule has 0 aliphatic rings. The lowest BCUT2D eigenvalue weighted by molar-refractivity contribution is -0.396. The summed E-state index contributed by atoms with van der Waals surface area (Å²) in [6, 6.07) is 0. The van der Waals surface area contributed by atoms with E-state index in [-0.39, 0.29) is 18.9 Å². The molecule has 8 heteroatoms. The van der Waals surface area contributed by atoms with Crippen LogP contribution in [0.5, 0.6) is 0 Å². The highest BCUT2D eigenvalue weighted by Gasteiger charge is 2.30. The van der Waals surface area contributed by atoms with Gasteiger partial charge in [0.15, 0.2) is 0 Å². The van der Waals surface area contributed by atoms with Crippen LogP contribution in [0.25, 0.3) is 0 Å². The van der Waals surface area contributed by atoms with E-state index in [0.29, 0.717) is 0 Å². The van der Waals surface area contributed by atoms with Crippen LogP contribution in [0.3, 0.4) is 0 Å². The number of aliphatic hydroxyl groups excluding tert-OH is 2. The first kappa shape index (κ1) is 13.5. The highest BCUT2D eigenvalue weighted by Crippen LogP contribution is 2.23. The van der Waals surface area contributed by atoms with Crippen molar-refractivity contribution in [1.82, 2.24) is 9.55 Å². The van der Waals surface area contributed by atoms with Crippen LogP contribution < -0.4 is 0 Å². The van der Waals surface area contributed by atoms with Crippen molar-refractivity contribution >= 4 is 5.95 Å². The van der Waals surface area contributed by atoms with Crippen molar-refractivity contribution in [3.05, 3.63) is 22.5 Å². The highest BCUT2D eigenvalue weighted by molar-refractivity contribution is 5.06. The third-order valence-electron chi connectivity index (χ3n) is 2.69. The molecule has 0 fully saturated rings. The fourth-order valence-corrected chi connectivity index (χ4v) is 1.36. The van der Waals surface area contributed by atoms with Crippen molar-refractivity contribution in [3.8, 4) is 0 Å². The molecule has 1 aromatic rings. The second-order valence-electron chi connectivity index (χ2n) is 3.88. The molecule has 0 amide bonds. The fraction of sp³-hybridized carbons (Fsp3) is 0.667. The monoisotopic (exact) mass is 246 g/mol. The number of aryl methyl sites for hydroxylation is 1. The molecule has 0 aliphatic carbocycles. The van der Waals surface area contributed by atoms with Crippen LogP contribution in [0, 0.1) is 15.5 Å². The fourth-order valence-electron chi connectivity index (χ4n) is 1.36. The van der Waals surface area contributed by atoms with Gasteiger partial charge in [0.25, 0.3) is 0 Å². The zero-order valence-corrected chi connectivity index (χ0v) is 9.12. The Balaban J connectivity index is 2.72. The number of hydrogen-bond acceptors (Lipinski definition) is 5. The van der Waals surface area contributed by atoms with Gasteiger partial charge in [0, 0.05) is 5.41 Å². The van der Waals surface area contributed by atoms with Gasteiger partial charge in [-0.3, -0.25) is 4.39 Å². The predicted octanol–water partition coefficient (Wildman–Crippen LogP) is 0.122. The Kier molecular flexibility index (Phi) is 4.53. The Bertz CT molecular complexity index is 370. The van der Waals surface area contributed by atoms with Crippen molar-refractivity contribution in [1.29, 1.82) is 0 Å². The Morgan fingerprint density at radius 2 is 2.18 bits per heavy atom. The van der Waals surface area contributed by atoms with Gasteiger partial charge in [0.05, 0.1) is 26.4 Å². The molecule has 0 aromatic carbocycles. The van der Waals surface area contributed by atoms with Crippen molar-refractivity contribution in [2.45, 2.75) is 13.0 Å². The summed E-state index contributed by atoms with van der Waals surface area (Å²) in [5, 5.41) is 28.6. The lowest BCUT2D eigenvalue weighted by Crippen LogP contribution is -2.33. The van der Waals surface area contributed by atoms with E-state index in [9.17, 15) is 14.5 Å². The molecule has 0 saturated carbocycles. The number of aliphatic hydroxyl groups is 2. The van der Waals surface area contributed by atoms with E-state index in [2.05, 4.69) is 4.98 Å². The van der Waals surface area contributed by atoms with Crippen LogP contribution in [0.2, 0.25) is 0 Å². The molecule has 1 heterocycles. The van der Waals surface area contributed by atoms with Gasteiger partial charge in [-0.15, -0.1) is 0 Å². The molecule has 0 saturated heterocycles. The third-order valence-corrected chi connectivity index (χ3v) is 2.69. The molecule has 96 valence electrons. The zero-order valence-electron chi connectivity index (χ0n) is 9.12. The minimum atomic E-state index is -1.25. The molecular weight excluding hydrogens is 232 g/mol.